The topological polar surface area (TPSA) is 0 Å². The molecule has 1 nitrogen and oxygen atoms in total. The van der Waals surface area contributed by atoms with Crippen LogP contribution in [-0.2, 0) is 0 Å². The van der Waals surface area contributed by atoms with E-state index in [4.69, 9.17) is 0 Å². The first-order valence-electron chi connectivity index (χ1n) is 5.32. The molecule has 1 rings (SSSR count). The molecule has 0 N–H and O–H groups in total. The van der Waals surface area contributed by atoms with E-state index < -0.39 is 0 Å². The maximum Gasteiger partial charge on any atom is 0.139 e. The Morgan fingerprint density at radius 1 is 0.786 bits per heavy atom. The number of allylic oxidation sites excluding steroid dienone is 2. The Balaban J connectivity index is 3.42. The fourth-order valence-electron chi connectivity index (χ4n) is 2.58. The van der Waals surface area contributed by atoms with Gasteiger partial charge in [0, 0.05) is 0 Å². The van der Waals surface area contributed by atoms with Crippen molar-refractivity contribution in [1.82, 2.24) is 0 Å². The molecule has 1 aliphatic carbocycles. The molecule has 1 aliphatic rings. The molecule has 0 aromatic rings. The van der Waals surface area contributed by atoms with Crippen LogP contribution in [0, 0.1) is 0 Å². The van der Waals surface area contributed by atoms with Crippen LogP contribution < -0.4 is 0 Å². The van der Waals surface area contributed by atoms with Gasteiger partial charge >= 0.3 is 0 Å². The quantitative estimate of drug-likeness (QED) is 0.563. The highest BCUT2D eigenvalue weighted by Crippen LogP contribution is 2.44. The molecule has 0 spiro atoms. The predicted octanol–water partition coefficient (Wildman–Crippen LogP) is 3.14. The van der Waals surface area contributed by atoms with Gasteiger partial charge in [-0.2, -0.15) is 0 Å². The zero-order valence-corrected chi connectivity index (χ0v) is 10.9. The number of quaternary nitrogens is 1. The van der Waals surface area contributed by atoms with Gasteiger partial charge in [-0.1, -0.05) is 0 Å². The van der Waals surface area contributed by atoms with E-state index in [-0.39, 0.29) is 5.54 Å². The van der Waals surface area contributed by atoms with Crippen LogP contribution in [0.15, 0.2) is 22.3 Å². The Morgan fingerprint density at radius 3 is 1.21 bits per heavy atom. The summed E-state index contributed by atoms with van der Waals surface area (Å²) in [5, 5.41) is 0. The summed E-state index contributed by atoms with van der Waals surface area (Å²) < 4.78 is 0.972. The van der Waals surface area contributed by atoms with Gasteiger partial charge in [-0.25, -0.2) is 0 Å². The van der Waals surface area contributed by atoms with Gasteiger partial charge in [0.2, 0.25) is 0 Å². The molecule has 0 aromatic heterocycles. The monoisotopic (exact) mass is 194 g/mol. The number of hydrogen-bond donors (Lipinski definition) is 0. The van der Waals surface area contributed by atoms with Crippen molar-refractivity contribution in [2.24, 2.45) is 0 Å². The average Bonchev–Trinajstić information content (AvgIpc) is 2.21. The van der Waals surface area contributed by atoms with Crippen LogP contribution in [0.2, 0.25) is 0 Å². The lowest BCUT2D eigenvalue weighted by atomic mass is 9.86. The third-order valence-corrected chi connectivity index (χ3v) is 4.49. The van der Waals surface area contributed by atoms with Crippen molar-refractivity contribution in [1.29, 1.82) is 0 Å². The van der Waals surface area contributed by atoms with E-state index in [1.54, 1.807) is 0 Å². The van der Waals surface area contributed by atoms with Crippen LogP contribution in [0.3, 0.4) is 0 Å². The van der Waals surface area contributed by atoms with E-state index in [1.165, 1.54) is 22.3 Å². The molecule has 0 saturated heterocycles. The maximum absolute atomic E-state index is 2.36. The van der Waals surface area contributed by atoms with E-state index in [1.807, 2.05) is 0 Å². The van der Waals surface area contributed by atoms with Crippen molar-refractivity contribution in [3.8, 4) is 0 Å². The first-order valence-corrected chi connectivity index (χ1v) is 5.32. The van der Waals surface area contributed by atoms with Gasteiger partial charge in [-0.05, 0) is 56.9 Å². The van der Waals surface area contributed by atoms with Crippen molar-refractivity contribution in [2.45, 2.75) is 40.2 Å². The number of likely N-dealkylation sites (N-methyl/N-ethyl adjacent to an activating group) is 1. The summed E-state index contributed by atoms with van der Waals surface area (Å²) in [6.07, 6.45) is 0. The van der Waals surface area contributed by atoms with Crippen LogP contribution in [0.25, 0.3) is 0 Å². The van der Waals surface area contributed by atoms with E-state index in [0.717, 1.165) is 4.48 Å². The second-order valence-corrected chi connectivity index (χ2v) is 5.58. The third kappa shape index (κ3) is 1.18. The molecule has 0 aliphatic heterocycles. The molecule has 0 fully saturated rings. The van der Waals surface area contributed by atoms with Gasteiger partial charge in [0.05, 0.1) is 21.1 Å². The predicted molar refractivity (Wildman–Crippen MR) is 63.2 cm³/mol. The minimum atomic E-state index is 0.189. The second-order valence-electron chi connectivity index (χ2n) is 5.58. The minimum absolute atomic E-state index is 0.189. The van der Waals surface area contributed by atoms with Crippen LogP contribution in [0.1, 0.15) is 34.6 Å². The van der Waals surface area contributed by atoms with Crippen LogP contribution >= 0.6 is 0 Å². The largest absolute Gasteiger partial charge is 0.319 e. The standard InChI is InChI=1S/C13H24N/c1-9-10(2)12(4)13(5,11(9)3)14(6,7)8/h1-8H3/q+1. The number of rotatable bonds is 1. The number of nitrogens with zero attached hydrogens (tertiary/aromatic N) is 1. The molecule has 1 heteroatoms. The van der Waals surface area contributed by atoms with Gasteiger partial charge < -0.3 is 4.48 Å². The first kappa shape index (κ1) is 11.5. The average molecular weight is 194 g/mol. The highest BCUT2D eigenvalue weighted by molar-refractivity contribution is 5.51. The van der Waals surface area contributed by atoms with Crippen molar-refractivity contribution in [3.63, 3.8) is 0 Å². The van der Waals surface area contributed by atoms with Gasteiger partial charge in [0.25, 0.3) is 0 Å². The molecule has 0 saturated carbocycles. The Hall–Kier alpha value is -0.560. The summed E-state index contributed by atoms with van der Waals surface area (Å²) >= 11 is 0. The zero-order chi connectivity index (χ0) is 11.3. The normalized spacial score (nSPS) is 22.3. The SMILES string of the molecule is CC1=C(C)C(C)([N+](C)(C)C)C(C)=C1C. The molecule has 0 aromatic carbocycles. The van der Waals surface area contributed by atoms with Crippen molar-refractivity contribution in [2.75, 3.05) is 21.1 Å². The summed E-state index contributed by atoms with van der Waals surface area (Å²) in [5.74, 6) is 0. The molecule has 0 atom stereocenters. The van der Waals surface area contributed by atoms with Gasteiger partial charge in [0.15, 0.2) is 0 Å². The molecular formula is C13H24N+. The lowest BCUT2D eigenvalue weighted by Gasteiger charge is -2.44. The molecule has 14 heavy (non-hydrogen) atoms. The van der Waals surface area contributed by atoms with Crippen molar-refractivity contribution < 1.29 is 4.48 Å². The summed E-state index contributed by atoms with van der Waals surface area (Å²) in [7, 11) is 6.83. The Bertz CT molecular complexity index is 300. The lowest BCUT2D eigenvalue weighted by molar-refractivity contribution is -0.909. The fourth-order valence-corrected chi connectivity index (χ4v) is 2.58. The summed E-state index contributed by atoms with van der Waals surface area (Å²) in [6.45, 7) is 11.4. The third-order valence-electron chi connectivity index (χ3n) is 4.49. The molecule has 80 valence electrons. The van der Waals surface area contributed by atoms with Crippen LogP contribution in [0.4, 0.5) is 0 Å². The molecule has 0 bridgehead atoms. The van der Waals surface area contributed by atoms with Crippen LogP contribution in [-0.4, -0.2) is 31.2 Å². The summed E-state index contributed by atoms with van der Waals surface area (Å²) in [5.41, 5.74) is 6.21. The zero-order valence-electron chi connectivity index (χ0n) is 10.9. The highest BCUT2D eigenvalue weighted by Gasteiger charge is 2.46. The second kappa shape index (κ2) is 2.96. The molecule has 0 heterocycles. The summed E-state index contributed by atoms with van der Waals surface area (Å²) in [4.78, 5) is 0. The van der Waals surface area contributed by atoms with Crippen molar-refractivity contribution >= 4 is 0 Å². The first-order chi connectivity index (χ1) is 6.14. The molecule has 0 unspecified atom stereocenters. The summed E-state index contributed by atoms with van der Waals surface area (Å²) in [6, 6.07) is 0. The van der Waals surface area contributed by atoms with Gasteiger partial charge in [0.1, 0.15) is 5.54 Å². The molecule has 0 radical (unpaired) electrons. The Kier molecular flexibility index (Phi) is 2.44. The van der Waals surface area contributed by atoms with E-state index >= 15 is 0 Å². The lowest BCUT2D eigenvalue weighted by Crippen LogP contribution is -2.55. The van der Waals surface area contributed by atoms with E-state index in [2.05, 4.69) is 55.8 Å². The Labute approximate surface area is 88.7 Å². The van der Waals surface area contributed by atoms with Gasteiger partial charge in [-0.3, -0.25) is 0 Å². The van der Waals surface area contributed by atoms with Gasteiger partial charge in [-0.15, -0.1) is 0 Å². The molecule has 0 amide bonds. The smallest absolute Gasteiger partial charge is 0.139 e. The van der Waals surface area contributed by atoms with Crippen LogP contribution in [0.5, 0.6) is 0 Å². The Morgan fingerprint density at radius 2 is 1.07 bits per heavy atom. The maximum atomic E-state index is 2.36. The highest BCUT2D eigenvalue weighted by atomic mass is 15.3. The van der Waals surface area contributed by atoms with E-state index in [9.17, 15) is 0 Å². The molecular weight excluding hydrogens is 170 g/mol. The number of hydrogen-bond acceptors (Lipinski definition) is 0. The van der Waals surface area contributed by atoms with Crippen molar-refractivity contribution in [3.05, 3.63) is 22.3 Å². The minimum Gasteiger partial charge on any atom is -0.319 e. The van der Waals surface area contributed by atoms with E-state index in [0.29, 0.717) is 0 Å². The fraction of sp³-hybridized carbons (Fsp3) is 0.692.